The number of nitrogens with zero attached hydrogens (tertiary/aromatic N) is 1. The summed E-state index contributed by atoms with van der Waals surface area (Å²) in [7, 11) is 0. The molecule has 0 heterocycles. The van der Waals surface area contributed by atoms with Gasteiger partial charge in [-0.15, -0.1) is 0 Å². The second-order valence-electron chi connectivity index (χ2n) is 4.80. The molecule has 0 saturated heterocycles. The third-order valence-corrected chi connectivity index (χ3v) is 3.59. The highest BCUT2D eigenvalue weighted by Gasteiger charge is 2.55. The third kappa shape index (κ3) is 3.46. The largest absolute Gasteiger partial charge is 0.491 e. The summed E-state index contributed by atoms with van der Waals surface area (Å²) < 4.78 is 29.9. The number of hydrogen-bond donors (Lipinski definition) is 0. The third-order valence-electron chi connectivity index (χ3n) is 3.22. The van der Waals surface area contributed by atoms with Gasteiger partial charge in [-0.25, -0.2) is 14.0 Å². The summed E-state index contributed by atoms with van der Waals surface area (Å²) >= 11 is 6.04. The average Bonchev–Trinajstić information content (AvgIpc) is 3.30. The topological polar surface area (TPSA) is 74.2 Å². The lowest BCUT2D eigenvalue weighted by Gasteiger charge is -2.19. The first-order chi connectivity index (χ1) is 11.0. The van der Waals surface area contributed by atoms with Crippen LogP contribution in [0.2, 0.25) is 5.02 Å². The Morgan fingerprint density at radius 2 is 2.09 bits per heavy atom. The zero-order valence-electron chi connectivity index (χ0n) is 12.7. The molecule has 0 atom stereocenters. The molecule has 6 nitrogen and oxygen atoms in total. The van der Waals surface area contributed by atoms with Crippen LogP contribution in [0.25, 0.3) is 0 Å². The molecule has 1 fully saturated rings. The van der Waals surface area contributed by atoms with Crippen molar-refractivity contribution < 1.29 is 28.2 Å². The number of ether oxygens (including phenoxy) is 3. The fourth-order valence-corrected chi connectivity index (χ4v) is 2.21. The molecule has 1 aliphatic carbocycles. The number of carbonyl (C=O) groups excluding carboxylic acids is 2. The zero-order valence-corrected chi connectivity index (χ0v) is 13.4. The highest BCUT2D eigenvalue weighted by atomic mass is 35.5. The molecule has 124 valence electrons. The van der Waals surface area contributed by atoms with E-state index >= 15 is 0 Å². The van der Waals surface area contributed by atoms with Crippen molar-refractivity contribution in [1.29, 1.82) is 0 Å². The average molecular weight is 344 g/mol. The van der Waals surface area contributed by atoms with E-state index in [0.717, 1.165) is 0 Å². The predicted molar refractivity (Wildman–Crippen MR) is 79.6 cm³/mol. The van der Waals surface area contributed by atoms with Gasteiger partial charge < -0.3 is 14.2 Å². The fourth-order valence-electron chi connectivity index (χ4n) is 1.99. The lowest BCUT2D eigenvalue weighted by Crippen LogP contribution is -2.31. The maximum atomic E-state index is 14.2. The van der Waals surface area contributed by atoms with Gasteiger partial charge in [-0.3, -0.25) is 0 Å². The van der Waals surface area contributed by atoms with Gasteiger partial charge in [0.15, 0.2) is 11.6 Å². The van der Waals surface area contributed by atoms with E-state index in [1.807, 2.05) is 0 Å². The Balaban J connectivity index is 2.42. The Bertz CT molecular complexity index is 668. The van der Waals surface area contributed by atoms with Crippen LogP contribution in [-0.2, 0) is 14.3 Å². The second kappa shape index (κ2) is 6.98. The first-order valence-corrected chi connectivity index (χ1v) is 7.45. The van der Waals surface area contributed by atoms with Crippen molar-refractivity contribution in [1.82, 2.24) is 0 Å². The van der Waals surface area contributed by atoms with Gasteiger partial charge in [0.25, 0.3) is 0 Å². The highest BCUT2D eigenvalue weighted by molar-refractivity contribution is 6.34. The molecule has 1 saturated carbocycles. The lowest BCUT2D eigenvalue weighted by molar-refractivity contribution is -0.153. The van der Waals surface area contributed by atoms with Crippen LogP contribution in [0.3, 0.4) is 0 Å². The summed E-state index contributed by atoms with van der Waals surface area (Å²) in [5.41, 5.74) is -1.58. The van der Waals surface area contributed by atoms with Crippen molar-refractivity contribution in [3.63, 3.8) is 0 Å². The van der Waals surface area contributed by atoms with Gasteiger partial charge in [0.1, 0.15) is 16.5 Å². The Morgan fingerprint density at radius 1 is 1.39 bits per heavy atom. The number of carbonyl (C=O) groups is 1. The van der Waals surface area contributed by atoms with Crippen molar-refractivity contribution >= 4 is 29.3 Å². The summed E-state index contributed by atoms with van der Waals surface area (Å²) in [5, 5.41) is -0.232. The van der Waals surface area contributed by atoms with E-state index in [9.17, 15) is 14.0 Å². The molecule has 0 amide bonds. The highest BCUT2D eigenvalue weighted by Crippen LogP contribution is 2.47. The fraction of sp³-hybridized carbons (Fsp3) is 0.467. The number of rotatable bonds is 7. The quantitative estimate of drug-likeness (QED) is 0.431. The summed E-state index contributed by atoms with van der Waals surface area (Å²) in [6, 6.07) is 1.23. The van der Waals surface area contributed by atoms with Crippen molar-refractivity contribution in [2.24, 2.45) is 4.99 Å². The lowest BCUT2D eigenvalue weighted by atomic mass is 10.2. The van der Waals surface area contributed by atoms with Gasteiger partial charge in [0, 0.05) is 18.9 Å². The molecule has 0 aromatic heterocycles. The molecular weight excluding hydrogens is 329 g/mol. The Hall–Kier alpha value is -2.11. The van der Waals surface area contributed by atoms with E-state index in [-0.39, 0.29) is 29.7 Å². The molecule has 0 bridgehead atoms. The van der Waals surface area contributed by atoms with Gasteiger partial charge >= 0.3 is 5.97 Å². The molecule has 2 rings (SSSR count). The SMILES string of the molecule is CCOC(=O)C1(Oc2cc(OCC)c(F)c(N=C=O)c2Cl)CC1. The number of benzene rings is 1. The minimum atomic E-state index is -1.14. The summed E-state index contributed by atoms with van der Waals surface area (Å²) in [4.78, 5) is 25.7. The number of isocyanates is 1. The monoisotopic (exact) mass is 343 g/mol. The maximum absolute atomic E-state index is 14.2. The van der Waals surface area contributed by atoms with Crippen LogP contribution in [0, 0.1) is 5.82 Å². The van der Waals surface area contributed by atoms with Crippen LogP contribution in [0.5, 0.6) is 11.5 Å². The van der Waals surface area contributed by atoms with Crippen LogP contribution in [0.4, 0.5) is 10.1 Å². The second-order valence-corrected chi connectivity index (χ2v) is 5.18. The molecule has 8 heteroatoms. The predicted octanol–water partition coefficient (Wildman–Crippen LogP) is 3.32. The van der Waals surface area contributed by atoms with Gasteiger partial charge in [-0.1, -0.05) is 11.6 Å². The summed E-state index contributed by atoms with van der Waals surface area (Å²) in [6.07, 6.45) is 2.14. The first kappa shape index (κ1) is 17.2. The Kier molecular flexibility index (Phi) is 5.23. The van der Waals surface area contributed by atoms with Crippen molar-refractivity contribution in [2.45, 2.75) is 32.3 Å². The van der Waals surface area contributed by atoms with E-state index in [1.165, 1.54) is 12.1 Å². The van der Waals surface area contributed by atoms with E-state index in [2.05, 4.69) is 4.99 Å². The Morgan fingerprint density at radius 3 is 2.61 bits per heavy atom. The number of aliphatic imine (C=N–C) groups is 1. The molecule has 1 aliphatic rings. The van der Waals surface area contributed by atoms with E-state index in [4.69, 9.17) is 25.8 Å². The molecule has 0 unspecified atom stereocenters. The van der Waals surface area contributed by atoms with Crippen LogP contribution < -0.4 is 9.47 Å². The number of esters is 1. The minimum Gasteiger partial charge on any atom is -0.491 e. The van der Waals surface area contributed by atoms with E-state index in [1.54, 1.807) is 13.8 Å². The minimum absolute atomic E-state index is 0.00364. The van der Waals surface area contributed by atoms with Crippen molar-refractivity contribution in [2.75, 3.05) is 13.2 Å². The smallest absolute Gasteiger partial charge is 0.350 e. The molecule has 0 radical (unpaired) electrons. The van der Waals surface area contributed by atoms with Gasteiger partial charge in [-0.2, -0.15) is 4.99 Å². The van der Waals surface area contributed by atoms with Crippen molar-refractivity contribution in [3.8, 4) is 11.5 Å². The van der Waals surface area contributed by atoms with Crippen LogP contribution >= 0.6 is 11.6 Å². The molecule has 0 spiro atoms. The van der Waals surface area contributed by atoms with Crippen LogP contribution in [-0.4, -0.2) is 30.9 Å². The molecule has 23 heavy (non-hydrogen) atoms. The number of hydrogen-bond acceptors (Lipinski definition) is 6. The molecular formula is C15H15ClFNO5. The number of halogens is 2. The summed E-state index contributed by atoms with van der Waals surface area (Å²) in [5.74, 6) is -1.59. The van der Waals surface area contributed by atoms with Gasteiger partial charge in [0.2, 0.25) is 11.7 Å². The van der Waals surface area contributed by atoms with Gasteiger partial charge in [-0.05, 0) is 13.8 Å². The van der Waals surface area contributed by atoms with Crippen LogP contribution in [0.15, 0.2) is 11.1 Å². The maximum Gasteiger partial charge on any atom is 0.350 e. The van der Waals surface area contributed by atoms with Gasteiger partial charge in [0.05, 0.1) is 13.2 Å². The molecule has 1 aromatic rings. The van der Waals surface area contributed by atoms with Crippen LogP contribution in [0.1, 0.15) is 26.7 Å². The molecule has 1 aromatic carbocycles. The summed E-state index contributed by atoms with van der Waals surface area (Å²) in [6.45, 7) is 3.75. The van der Waals surface area contributed by atoms with E-state index in [0.29, 0.717) is 12.8 Å². The first-order valence-electron chi connectivity index (χ1n) is 7.08. The Labute approximate surface area is 137 Å². The molecule has 0 aliphatic heterocycles. The van der Waals surface area contributed by atoms with E-state index < -0.39 is 23.1 Å². The zero-order chi connectivity index (χ0) is 17.0. The standard InChI is InChI=1S/C15H15ClFNO5/c1-3-21-10-7-9(11(16)13(12(10)17)18-8-19)23-15(5-6-15)14(20)22-4-2/h7H,3-6H2,1-2H3. The van der Waals surface area contributed by atoms with Crippen molar-refractivity contribution in [3.05, 3.63) is 16.9 Å². The molecule has 0 N–H and O–H groups in total. The normalized spacial score (nSPS) is 14.6.